The molecule has 7 heteroatoms. The number of carbonyl (C=O) groups excluding carboxylic acids is 2. The summed E-state index contributed by atoms with van der Waals surface area (Å²) in [6.07, 6.45) is 0.375. The van der Waals surface area contributed by atoms with Crippen LogP contribution in [0.25, 0.3) is 0 Å². The number of nitrogens with zero attached hydrogens (tertiary/aromatic N) is 1. The van der Waals surface area contributed by atoms with Gasteiger partial charge in [0.05, 0.1) is 22.8 Å². The van der Waals surface area contributed by atoms with Gasteiger partial charge in [-0.25, -0.2) is 9.69 Å². The summed E-state index contributed by atoms with van der Waals surface area (Å²) in [6, 6.07) is 10.9. The molecule has 2 aromatic rings. The van der Waals surface area contributed by atoms with Crippen LogP contribution in [0.2, 0.25) is 10.0 Å². The van der Waals surface area contributed by atoms with Crippen LogP contribution < -0.4 is 15.0 Å². The van der Waals surface area contributed by atoms with E-state index in [0.717, 1.165) is 10.5 Å². The maximum absolute atomic E-state index is 12.6. The van der Waals surface area contributed by atoms with Gasteiger partial charge in [-0.1, -0.05) is 35.3 Å². The van der Waals surface area contributed by atoms with Crippen molar-refractivity contribution in [3.63, 3.8) is 0 Å². The first-order valence-electron chi connectivity index (χ1n) is 7.22. The lowest BCUT2D eigenvalue weighted by molar-refractivity contribution is -0.118. The number of hydrogen-bond acceptors (Lipinski definition) is 3. The molecule has 1 atom stereocenters. The molecule has 0 radical (unpaired) electrons. The molecule has 1 unspecified atom stereocenters. The second-order valence-electron chi connectivity index (χ2n) is 5.33. The number of amides is 3. The average Bonchev–Trinajstić information content (AvgIpc) is 2.84. The zero-order valence-corrected chi connectivity index (χ0v) is 14.3. The van der Waals surface area contributed by atoms with Crippen molar-refractivity contribution in [2.45, 2.75) is 12.5 Å². The summed E-state index contributed by atoms with van der Waals surface area (Å²) in [6.45, 7) is 0. The van der Waals surface area contributed by atoms with Crippen LogP contribution in [0.5, 0.6) is 5.75 Å². The third-order valence-corrected chi connectivity index (χ3v) is 4.49. The Balaban J connectivity index is 1.82. The predicted molar refractivity (Wildman–Crippen MR) is 93.0 cm³/mol. The van der Waals surface area contributed by atoms with Gasteiger partial charge in [-0.3, -0.25) is 4.79 Å². The number of benzene rings is 2. The fourth-order valence-corrected chi connectivity index (χ4v) is 2.87. The lowest BCUT2D eigenvalue weighted by Gasteiger charge is -2.14. The van der Waals surface area contributed by atoms with E-state index in [1.807, 2.05) is 24.3 Å². The second-order valence-corrected chi connectivity index (χ2v) is 6.14. The monoisotopic (exact) mass is 364 g/mol. The highest BCUT2D eigenvalue weighted by Crippen LogP contribution is 2.29. The molecule has 24 heavy (non-hydrogen) atoms. The van der Waals surface area contributed by atoms with Gasteiger partial charge >= 0.3 is 6.03 Å². The number of rotatable bonds is 4. The Labute approximate surface area is 149 Å². The number of nitrogens with one attached hydrogen (secondary N) is 1. The minimum absolute atomic E-state index is 0.283. The quantitative estimate of drug-likeness (QED) is 0.842. The van der Waals surface area contributed by atoms with E-state index in [9.17, 15) is 9.59 Å². The standard InChI is InChI=1S/C17H14Cl2N2O3/c1-24-12-4-2-3-10(7-12)8-15-16(22)21(17(23)20-15)11-5-6-13(18)14(19)9-11/h2-7,9,15H,8H2,1H3,(H,20,23). The number of ether oxygens (including phenoxy) is 1. The van der Waals surface area contributed by atoms with Gasteiger partial charge in [0.2, 0.25) is 0 Å². The van der Waals surface area contributed by atoms with E-state index in [1.54, 1.807) is 19.2 Å². The van der Waals surface area contributed by atoms with Crippen LogP contribution in [-0.4, -0.2) is 25.1 Å². The van der Waals surface area contributed by atoms with Crippen molar-refractivity contribution < 1.29 is 14.3 Å². The number of anilines is 1. The molecule has 0 saturated carbocycles. The van der Waals surface area contributed by atoms with Gasteiger partial charge in [0.15, 0.2) is 0 Å². The van der Waals surface area contributed by atoms with E-state index in [1.165, 1.54) is 6.07 Å². The van der Waals surface area contributed by atoms with Crippen LogP contribution in [0.15, 0.2) is 42.5 Å². The minimum Gasteiger partial charge on any atom is -0.497 e. The molecule has 1 fully saturated rings. The molecule has 5 nitrogen and oxygen atoms in total. The summed E-state index contributed by atoms with van der Waals surface area (Å²) in [4.78, 5) is 25.9. The molecule has 124 valence electrons. The molecule has 0 bridgehead atoms. The minimum atomic E-state index is -0.640. The van der Waals surface area contributed by atoms with Crippen LogP contribution in [0.3, 0.4) is 0 Å². The van der Waals surface area contributed by atoms with E-state index >= 15 is 0 Å². The third kappa shape index (κ3) is 3.18. The molecule has 1 aliphatic rings. The lowest BCUT2D eigenvalue weighted by atomic mass is 10.1. The summed E-state index contributed by atoms with van der Waals surface area (Å²) in [5.74, 6) is 0.367. The first kappa shape index (κ1) is 16.6. The van der Waals surface area contributed by atoms with Crippen molar-refractivity contribution >= 4 is 40.8 Å². The van der Waals surface area contributed by atoms with Crippen molar-refractivity contribution in [3.8, 4) is 5.75 Å². The molecule has 3 amide bonds. The maximum atomic E-state index is 12.6. The Morgan fingerprint density at radius 3 is 2.62 bits per heavy atom. The molecular formula is C17H14Cl2N2O3. The van der Waals surface area contributed by atoms with E-state index in [0.29, 0.717) is 22.9 Å². The molecule has 1 aliphatic heterocycles. The molecule has 3 rings (SSSR count). The predicted octanol–water partition coefficient (Wildman–Crippen LogP) is 3.67. The Bertz CT molecular complexity index is 810. The Morgan fingerprint density at radius 2 is 1.92 bits per heavy atom. The summed E-state index contributed by atoms with van der Waals surface area (Å²) in [5.41, 5.74) is 1.28. The topological polar surface area (TPSA) is 58.6 Å². The maximum Gasteiger partial charge on any atom is 0.329 e. The molecule has 0 spiro atoms. The van der Waals surface area contributed by atoms with E-state index in [2.05, 4.69) is 5.32 Å². The zero-order chi connectivity index (χ0) is 17.3. The van der Waals surface area contributed by atoms with Crippen molar-refractivity contribution in [2.75, 3.05) is 12.0 Å². The number of carbonyl (C=O) groups is 2. The molecule has 1 saturated heterocycles. The normalized spacial score (nSPS) is 17.1. The fourth-order valence-electron chi connectivity index (χ4n) is 2.57. The molecule has 1 heterocycles. The van der Waals surface area contributed by atoms with Crippen LogP contribution in [0, 0.1) is 0 Å². The number of urea groups is 1. The van der Waals surface area contributed by atoms with Gasteiger partial charge in [-0.15, -0.1) is 0 Å². The second kappa shape index (κ2) is 6.71. The highest BCUT2D eigenvalue weighted by atomic mass is 35.5. The number of halogens is 2. The molecule has 2 aromatic carbocycles. The van der Waals surface area contributed by atoms with Crippen molar-refractivity contribution in [1.29, 1.82) is 0 Å². The first-order valence-corrected chi connectivity index (χ1v) is 7.97. The van der Waals surface area contributed by atoms with Crippen LogP contribution in [0.1, 0.15) is 5.56 Å². The van der Waals surface area contributed by atoms with Crippen molar-refractivity contribution in [3.05, 3.63) is 58.1 Å². The molecule has 0 aromatic heterocycles. The Morgan fingerprint density at radius 1 is 1.12 bits per heavy atom. The van der Waals surface area contributed by atoms with E-state index in [-0.39, 0.29) is 10.9 Å². The number of imide groups is 1. The van der Waals surface area contributed by atoms with Gasteiger partial charge in [-0.2, -0.15) is 0 Å². The summed E-state index contributed by atoms with van der Waals surface area (Å²) in [5, 5.41) is 3.34. The SMILES string of the molecule is COc1cccc(CC2NC(=O)N(c3ccc(Cl)c(Cl)c3)C2=O)c1. The van der Waals surface area contributed by atoms with Gasteiger partial charge in [0, 0.05) is 6.42 Å². The Hall–Kier alpha value is -2.24. The third-order valence-electron chi connectivity index (χ3n) is 3.75. The van der Waals surface area contributed by atoms with Crippen LogP contribution in [-0.2, 0) is 11.2 Å². The van der Waals surface area contributed by atoms with E-state index in [4.69, 9.17) is 27.9 Å². The molecule has 1 N–H and O–H groups in total. The smallest absolute Gasteiger partial charge is 0.329 e. The van der Waals surface area contributed by atoms with Gasteiger partial charge < -0.3 is 10.1 Å². The number of hydrogen-bond donors (Lipinski definition) is 1. The van der Waals surface area contributed by atoms with Gasteiger partial charge in [0.25, 0.3) is 5.91 Å². The van der Waals surface area contributed by atoms with Crippen molar-refractivity contribution in [1.82, 2.24) is 5.32 Å². The summed E-state index contributed by atoms with van der Waals surface area (Å²) >= 11 is 11.8. The molecular weight excluding hydrogens is 351 g/mol. The summed E-state index contributed by atoms with van der Waals surface area (Å²) < 4.78 is 5.17. The van der Waals surface area contributed by atoms with Crippen molar-refractivity contribution in [2.24, 2.45) is 0 Å². The fraction of sp³-hybridized carbons (Fsp3) is 0.176. The van der Waals surface area contributed by atoms with Gasteiger partial charge in [0.1, 0.15) is 11.8 Å². The van der Waals surface area contributed by atoms with Crippen LogP contribution >= 0.6 is 23.2 Å². The molecule has 0 aliphatic carbocycles. The average molecular weight is 365 g/mol. The highest BCUT2D eigenvalue weighted by molar-refractivity contribution is 6.42. The lowest BCUT2D eigenvalue weighted by Crippen LogP contribution is -2.32. The number of methoxy groups -OCH3 is 1. The summed E-state index contributed by atoms with van der Waals surface area (Å²) in [7, 11) is 1.58. The first-order chi connectivity index (χ1) is 11.5. The zero-order valence-electron chi connectivity index (χ0n) is 12.8. The highest BCUT2D eigenvalue weighted by Gasteiger charge is 2.39. The van der Waals surface area contributed by atoms with Gasteiger partial charge in [-0.05, 0) is 35.9 Å². The van der Waals surface area contributed by atoms with E-state index < -0.39 is 12.1 Å². The largest absolute Gasteiger partial charge is 0.497 e. The van der Waals surface area contributed by atoms with Crippen LogP contribution in [0.4, 0.5) is 10.5 Å². The Kier molecular flexibility index (Phi) is 4.64.